The van der Waals surface area contributed by atoms with Crippen LogP contribution in [-0.4, -0.2) is 57.1 Å². The summed E-state index contributed by atoms with van der Waals surface area (Å²) in [7, 11) is 0. The third kappa shape index (κ3) is 4.61. The Morgan fingerprint density at radius 3 is 2.82 bits per heavy atom. The fraction of sp³-hybridized carbons (Fsp3) is 0.455. The lowest BCUT2D eigenvalue weighted by atomic mass is 10.0. The minimum absolute atomic E-state index is 0.152. The van der Waals surface area contributed by atoms with Crippen molar-refractivity contribution in [2.24, 2.45) is 0 Å². The molecule has 2 heterocycles. The number of hydrogen-bond acceptors (Lipinski definition) is 6. The molecule has 0 bridgehead atoms. The molecule has 3 N–H and O–H groups in total. The summed E-state index contributed by atoms with van der Waals surface area (Å²) in [5.74, 6) is 6.65. The number of nitrogens with zero attached hydrogens (tertiary/aromatic N) is 3. The van der Waals surface area contributed by atoms with E-state index in [9.17, 15) is 10.2 Å². The smallest absolute Gasteiger partial charge is 0.149 e. The van der Waals surface area contributed by atoms with Crippen LogP contribution in [0.3, 0.4) is 0 Å². The summed E-state index contributed by atoms with van der Waals surface area (Å²) >= 11 is 0. The molecule has 1 fully saturated rings. The topological polar surface area (TPSA) is 81.5 Å². The lowest BCUT2D eigenvalue weighted by Gasteiger charge is -2.36. The monoisotopic (exact) mass is 380 g/mol. The number of nitrogens with one attached hydrogen (secondary N) is 1. The second-order valence-electron chi connectivity index (χ2n) is 7.38. The van der Waals surface area contributed by atoms with Gasteiger partial charge < -0.3 is 15.5 Å². The van der Waals surface area contributed by atoms with Crippen LogP contribution in [0.25, 0.3) is 11.3 Å². The van der Waals surface area contributed by atoms with Gasteiger partial charge in [-0.3, -0.25) is 4.90 Å². The maximum absolute atomic E-state index is 10.4. The number of rotatable bonds is 5. The molecular weight excluding hydrogens is 352 g/mol. The molecule has 1 aromatic carbocycles. The van der Waals surface area contributed by atoms with Gasteiger partial charge in [0.05, 0.1) is 12.3 Å². The first-order chi connectivity index (χ1) is 13.5. The van der Waals surface area contributed by atoms with Crippen molar-refractivity contribution >= 4 is 5.82 Å². The van der Waals surface area contributed by atoms with Gasteiger partial charge in [-0.05, 0) is 70.0 Å². The van der Waals surface area contributed by atoms with Gasteiger partial charge in [0.1, 0.15) is 11.6 Å². The molecule has 1 aromatic heterocycles. The van der Waals surface area contributed by atoms with Gasteiger partial charge in [-0.2, -0.15) is 0 Å². The second kappa shape index (κ2) is 9.05. The highest BCUT2D eigenvalue weighted by Gasteiger charge is 2.23. The molecular formula is C22H28N4O2. The van der Waals surface area contributed by atoms with E-state index in [0.717, 1.165) is 42.9 Å². The predicted molar refractivity (Wildman–Crippen MR) is 111 cm³/mol. The molecule has 0 amide bonds. The highest BCUT2D eigenvalue weighted by atomic mass is 16.3. The maximum Gasteiger partial charge on any atom is 0.149 e. The molecule has 2 aromatic rings. The number of aromatic nitrogens is 2. The number of hydrogen-bond donors (Lipinski definition) is 3. The number of likely N-dealkylation sites (tertiary alicyclic amines) is 1. The summed E-state index contributed by atoms with van der Waals surface area (Å²) in [5, 5.41) is 31.9. The van der Waals surface area contributed by atoms with Crippen molar-refractivity contribution in [3.05, 3.63) is 35.4 Å². The maximum atomic E-state index is 10.4. The van der Waals surface area contributed by atoms with E-state index in [2.05, 4.69) is 32.3 Å². The summed E-state index contributed by atoms with van der Waals surface area (Å²) in [6, 6.07) is 7.77. The number of piperidine rings is 1. The van der Waals surface area contributed by atoms with Crippen LogP contribution in [0.5, 0.6) is 5.75 Å². The Hall–Kier alpha value is -2.62. The van der Waals surface area contributed by atoms with Gasteiger partial charge >= 0.3 is 0 Å². The van der Waals surface area contributed by atoms with E-state index in [1.165, 1.54) is 0 Å². The van der Waals surface area contributed by atoms with Crippen LogP contribution in [0, 0.1) is 18.8 Å². The number of aliphatic hydroxyl groups is 1. The van der Waals surface area contributed by atoms with Gasteiger partial charge in [0.2, 0.25) is 0 Å². The lowest BCUT2D eigenvalue weighted by molar-refractivity contribution is 0.110. The van der Waals surface area contributed by atoms with Gasteiger partial charge in [-0.25, -0.2) is 0 Å². The first kappa shape index (κ1) is 20.1. The van der Waals surface area contributed by atoms with E-state index in [-0.39, 0.29) is 24.4 Å². The molecule has 0 aliphatic carbocycles. The third-order valence-electron chi connectivity index (χ3n) is 5.20. The van der Waals surface area contributed by atoms with E-state index in [4.69, 9.17) is 0 Å². The van der Waals surface area contributed by atoms with Crippen molar-refractivity contribution in [3.63, 3.8) is 0 Å². The summed E-state index contributed by atoms with van der Waals surface area (Å²) in [6.07, 6.45) is 2.16. The van der Waals surface area contributed by atoms with Crippen LogP contribution in [0.1, 0.15) is 37.8 Å². The minimum Gasteiger partial charge on any atom is -0.507 e. The Labute approximate surface area is 166 Å². The molecule has 1 unspecified atom stereocenters. The molecule has 0 radical (unpaired) electrons. The van der Waals surface area contributed by atoms with Gasteiger partial charge in [-0.1, -0.05) is 5.92 Å². The summed E-state index contributed by atoms with van der Waals surface area (Å²) in [5.41, 5.74) is 3.03. The molecule has 2 atom stereocenters. The Morgan fingerprint density at radius 1 is 1.32 bits per heavy atom. The normalized spacial score (nSPS) is 18.2. The Kier molecular flexibility index (Phi) is 6.50. The molecule has 28 heavy (non-hydrogen) atoms. The van der Waals surface area contributed by atoms with E-state index >= 15 is 0 Å². The van der Waals surface area contributed by atoms with Crippen LogP contribution in [0.4, 0.5) is 5.82 Å². The summed E-state index contributed by atoms with van der Waals surface area (Å²) in [4.78, 5) is 2.30. The van der Waals surface area contributed by atoms with Crippen LogP contribution >= 0.6 is 0 Å². The number of anilines is 1. The minimum atomic E-state index is 0.152. The van der Waals surface area contributed by atoms with E-state index < -0.39 is 0 Å². The van der Waals surface area contributed by atoms with E-state index in [1.807, 2.05) is 32.0 Å². The number of aromatic hydroxyl groups is 1. The summed E-state index contributed by atoms with van der Waals surface area (Å²) in [6.45, 7) is 7.85. The largest absolute Gasteiger partial charge is 0.507 e. The van der Waals surface area contributed by atoms with Crippen molar-refractivity contribution < 1.29 is 10.2 Å². The van der Waals surface area contributed by atoms with Gasteiger partial charge in [-0.15, -0.1) is 16.1 Å². The number of phenolic OH excluding ortho intramolecular Hbond substituents is 1. The van der Waals surface area contributed by atoms with Crippen molar-refractivity contribution in [3.8, 4) is 28.8 Å². The highest BCUT2D eigenvalue weighted by molar-refractivity contribution is 5.71. The van der Waals surface area contributed by atoms with Gasteiger partial charge in [0.15, 0.2) is 0 Å². The molecule has 1 saturated heterocycles. The fourth-order valence-corrected chi connectivity index (χ4v) is 3.63. The highest BCUT2D eigenvalue weighted by Crippen LogP contribution is 2.31. The standard InChI is InChI=1S/C22H28N4O2/c1-4-6-17-8-9-19(20(28)12-17)22-15(2)11-21(24-25-22)23-18-7-5-10-26(13-18)16(3)14-27/h8-9,11-12,16,18,27-28H,5,7,10,13-14H2,1-3H3,(H,23,24)/t16?,18-/m1/s1. The van der Waals surface area contributed by atoms with Crippen LogP contribution in [-0.2, 0) is 0 Å². The quantitative estimate of drug-likeness (QED) is 0.692. The molecule has 1 aliphatic heterocycles. The zero-order chi connectivity index (χ0) is 20.1. The van der Waals surface area contributed by atoms with Gasteiger partial charge in [0.25, 0.3) is 0 Å². The zero-order valence-electron chi connectivity index (χ0n) is 16.7. The average molecular weight is 380 g/mol. The molecule has 3 rings (SSSR count). The Morgan fingerprint density at radius 2 is 2.14 bits per heavy atom. The lowest BCUT2D eigenvalue weighted by Crippen LogP contribution is -2.47. The zero-order valence-corrected chi connectivity index (χ0v) is 16.7. The van der Waals surface area contributed by atoms with Crippen molar-refractivity contribution in [1.29, 1.82) is 0 Å². The van der Waals surface area contributed by atoms with E-state index in [1.54, 1.807) is 13.0 Å². The predicted octanol–water partition coefficient (Wildman–Crippen LogP) is 2.79. The number of benzene rings is 1. The number of aryl methyl sites for hydroxylation is 1. The molecule has 6 nitrogen and oxygen atoms in total. The van der Waals surface area contributed by atoms with Crippen LogP contribution < -0.4 is 5.32 Å². The van der Waals surface area contributed by atoms with Gasteiger partial charge in [0, 0.05) is 29.8 Å². The number of phenols is 1. The average Bonchev–Trinajstić information content (AvgIpc) is 2.69. The summed E-state index contributed by atoms with van der Waals surface area (Å²) < 4.78 is 0. The van der Waals surface area contributed by atoms with Crippen molar-refractivity contribution in [2.45, 2.75) is 45.7 Å². The third-order valence-corrected chi connectivity index (χ3v) is 5.20. The first-order valence-electron chi connectivity index (χ1n) is 9.73. The second-order valence-corrected chi connectivity index (χ2v) is 7.38. The van der Waals surface area contributed by atoms with Crippen molar-refractivity contribution in [2.75, 3.05) is 25.0 Å². The van der Waals surface area contributed by atoms with E-state index in [0.29, 0.717) is 11.3 Å². The molecule has 1 aliphatic rings. The first-order valence-corrected chi connectivity index (χ1v) is 9.73. The fourth-order valence-electron chi connectivity index (χ4n) is 3.63. The Balaban J connectivity index is 1.74. The Bertz CT molecular complexity index is 888. The molecule has 148 valence electrons. The van der Waals surface area contributed by atoms with Crippen molar-refractivity contribution in [1.82, 2.24) is 15.1 Å². The molecule has 0 saturated carbocycles. The van der Waals surface area contributed by atoms with Crippen LogP contribution in [0.15, 0.2) is 24.3 Å². The van der Waals surface area contributed by atoms with Crippen LogP contribution in [0.2, 0.25) is 0 Å². The molecule has 0 spiro atoms. The SMILES string of the molecule is CC#Cc1ccc(-c2nnc(N[C@@H]3CCCN(C(C)CO)C3)cc2C)c(O)c1. The number of aliphatic hydroxyl groups excluding tert-OH is 1. The molecule has 6 heteroatoms.